The second-order valence-electron chi connectivity index (χ2n) is 4.83. The largest absolute Gasteiger partial charge is 0.273 e. The highest BCUT2D eigenvalue weighted by molar-refractivity contribution is 8.00. The summed E-state index contributed by atoms with van der Waals surface area (Å²) in [6.07, 6.45) is 10.6. The van der Waals surface area contributed by atoms with Crippen molar-refractivity contribution in [3.63, 3.8) is 0 Å². The first-order chi connectivity index (χ1) is 9.13. The molecule has 2 aliphatic heterocycles. The molecular weight excluding hydrogens is 260 g/mol. The molecule has 2 atom stereocenters. The van der Waals surface area contributed by atoms with Crippen LogP contribution >= 0.6 is 11.8 Å². The van der Waals surface area contributed by atoms with E-state index >= 15 is 0 Å². The summed E-state index contributed by atoms with van der Waals surface area (Å²) in [6, 6.07) is 0. The molecule has 1 fully saturated rings. The number of nitrogens with zero attached hydrogens (tertiary/aromatic N) is 2. The van der Waals surface area contributed by atoms with Crippen LogP contribution in [0.25, 0.3) is 0 Å². The first-order valence-corrected chi connectivity index (χ1v) is 7.72. The second-order valence-corrected chi connectivity index (χ2v) is 6.39. The third kappa shape index (κ3) is 3.21. The van der Waals surface area contributed by atoms with E-state index in [4.69, 9.17) is 0 Å². The van der Waals surface area contributed by atoms with Crippen LogP contribution in [0, 0.1) is 0 Å². The van der Waals surface area contributed by atoms with Gasteiger partial charge in [-0.25, -0.2) is 0 Å². The van der Waals surface area contributed by atoms with E-state index in [2.05, 4.69) is 13.8 Å². The fraction of sp³-hybridized carbons (Fsp3) is 0.571. The average Bonchev–Trinajstić information content (AvgIpc) is 2.70. The first kappa shape index (κ1) is 14.2. The Bertz CT molecular complexity index is 404. The minimum Gasteiger partial charge on any atom is -0.273 e. The van der Waals surface area contributed by atoms with Gasteiger partial charge in [-0.3, -0.25) is 14.6 Å². The van der Waals surface area contributed by atoms with Crippen molar-refractivity contribution in [2.24, 2.45) is 0 Å². The molecule has 2 aliphatic rings. The van der Waals surface area contributed by atoms with Crippen LogP contribution in [0.1, 0.15) is 39.5 Å². The third-order valence-corrected chi connectivity index (χ3v) is 4.56. The molecule has 4 nitrogen and oxygen atoms in total. The Morgan fingerprint density at radius 3 is 2.63 bits per heavy atom. The van der Waals surface area contributed by atoms with Crippen LogP contribution in [-0.2, 0) is 9.59 Å². The Kier molecular flexibility index (Phi) is 4.69. The number of carbonyl (C=O) groups excluding carboxylic acids is 2. The molecule has 2 rings (SSSR count). The molecule has 2 amide bonds. The topological polar surface area (TPSA) is 40.6 Å². The van der Waals surface area contributed by atoms with E-state index in [0.717, 1.165) is 12.8 Å². The Balaban J connectivity index is 2.08. The summed E-state index contributed by atoms with van der Waals surface area (Å²) in [6.45, 7) is 4.35. The number of imide groups is 1. The number of thioether (sulfide) groups is 1. The van der Waals surface area contributed by atoms with E-state index in [9.17, 15) is 9.59 Å². The van der Waals surface area contributed by atoms with Gasteiger partial charge in [-0.2, -0.15) is 5.01 Å². The van der Waals surface area contributed by atoms with Crippen molar-refractivity contribution in [3.05, 3.63) is 24.4 Å². The van der Waals surface area contributed by atoms with Gasteiger partial charge in [0.1, 0.15) is 5.37 Å². The molecule has 5 heteroatoms. The molecule has 104 valence electrons. The van der Waals surface area contributed by atoms with Crippen molar-refractivity contribution in [2.45, 2.75) is 50.2 Å². The van der Waals surface area contributed by atoms with Crippen molar-refractivity contribution < 1.29 is 9.59 Å². The third-order valence-electron chi connectivity index (χ3n) is 3.21. The average molecular weight is 280 g/mol. The molecule has 0 N–H and O–H groups in total. The van der Waals surface area contributed by atoms with Gasteiger partial charge in [0.25, 0.3) is 0 Å². The first-order valence-electron chi connectivity index (χ1n) is 6.78. The van der Waals surface area contributed by atoms with Crippen LogP contribution in [0.15, 0.2) is 24.4 Å². The van der Waals surface area contributed by atoms with Crippen LogP contribution in [0.5, 0.6) is 0 Å². The lowest BCUT2D eigenvalue weighted by Gasteiger charge is -2.36. The van der Waals surface area contributed by atoms with Crippen LogP contribution in [-0.4, -0.2) is 32.5 Å². The Labute approximate surface area is 118 Å². The Morgan fingerprint density at radius 2 is 2.00 bits per heavy atom. The van der Waals surface area contributed by atoms with Crippen LogP contribution in [0.2, 0.25) is 0 Å². The zero-order valence-electron chi connectivity index (χ0n) is 11.4. The van der Waals surface area contributed by atoms with Gasteiger partial charge in [-0.05, 0) is 12.5 Å². The number of rotatable bonds is 5. The van der Waals surface area contributed by atoms with Gasteiger partial charge < -0.3 is 0 Å². The highest BCUT2D eigenvalue weighted by Gasteiger charge is 2.36. The fourth-order valence-electron chi connectivity index (χ4n) is 2.29. The SMILES string of the molecule is CCCC(C)SC1C=CC=CN1N1C(=O)CCC1=O. The number of allylic oxidation sites excluding steroid dienone is 2. The van der Waals surface area contributed by atoms with Gasteiger partial charge in [0.15, 0.2) is 0 Å². The predicted octanol–water partition coefficient (Wildman–Crippen LogP) is 2.68. The van der Waals surface area contributed by atoms with Gasteiger partial charge >= 0.3 is 0 Å². The van der Waals surface area contributed by atoms with Gasteiger partial charge in [-0.1, -0.05) is 32.4 Å². The Hall–Kier alpha value is -1.23. The van der Waals surface area contributed by atoms with Crippen LogP contribution < -0.4 is 0 Å². The molecule has 0 spiro atoms. The maximum atomic E-state index is 11.8. The summed E-state index contributed by atoms with van der Waals surface area (Å²) in [5.41, 5.74) is 0. The van der Waals surface area contributed by atoms with Crippen LogP contribution in [0.3, 0.4) is 0 Å². The summed E-state index contributed by atoms with van der Waals surface area (Å²) in [4.78, 5) is 23.7. The normalized spacial score (nSPS) is 24.4. The minimum atomic E-state index is -0.0984. The molecule has 2 heterocycles. The van der Waals surface area contributed by atoms with E-state index in [0.29, 0.717) is 18.1 Å². The zero-order valence-corrected chi connectivity index (χ0v) is 12.2. The molecule has 0 aromatic rings. The quantitative estimate of drug-likeness (QED) is 0.726. The predicted molar refractivity (Wildman–Crippen MR) is 77.0 cm³/mol. The van der Waals surface area contributed by atoms with Crippen molar-refractivity contribution in [3.8, 4) is 0 Å². The molecule has 0 saturated carbocycles. The standard InChI is InChI=1S/C14H20N2O2S/c1-3-6-11(2)19-14-7-4-5-10-15(14)16-12(17)8-9-13(16)18/h4-5,7,10-11,14H,3,6,8-9H2,1-2H3. The van der Waals surface area contributed by atoms with Crippen molar-refractivity contribution in [1.82, 2.24) is 10.0 Å². The second kappa shape index (κ2) is 6.28. The minimum absolute atomic E-state index is 0.0255. The summed E-state index contributed by atoms with van der Waals surface area (Å²) in [7, 11) is 0. The lowest BCUT2D eigenvalue weighted by Crippen LogP contribution is -2.47. The highest BCUT2D eigenvalue weighted by atomic mass is 32.2. The molecule has 0 aromatic heterocycles. The van der Waals surface area contributed by atoms with E-state index < -0.39 is 0 Å². The monoisotopic (exact) mass is 280 g/mol. The molecule has 2 unspecified atom stereocenters. The number of hydrazine groups is 1. The van der Waals surface area contributed by atoms with E-state index in [1.54, 1.807) is 16.8 Å². The zero-order chi connectivity index (χ0) is 13.8. The van der Waals surface area contributed by atoms with Gasteiger partial charge in [0.05, 0.1) is 0 Å². The Morgan fingerprint density at radius 1 is 1.32 bits per heavy atom. The number of carbonyl (C=O) groups is 2. The maximum absolute atomic E-state index is 11.8. The molecule has 0 aliphatic carbocycles. The smallest absolute Gasteiger partial charge is 0.248 e. The summed E-state index contributed by atoms with van der Waals surface area (Å²) < 4.78 is 0. The molecular formula is C14H20N2O2S. The number of hydrogen-bond acceptors (Lipinski definition) is 4. The summed E-state index contributed by atoms with van der Waals surface area (Å²) >= 11 is 1.79. The molecule has 0 bridgehead atoms. The van der Waals surface area contributed by atoms with Crippen molar-refractivity contribution >= 4 is 23.6 Å². The highest BCUT2D eigenvalue weighted by Crippen LogP contribution is 2.30. The number of amides is 2. The lowest BCUT2D eigenvalue weighted by atomic mass is 10.3. The maximum Gasteiger partial charge on any atom is 0.248 e. The van der Waals surface area contributed by atoms with Crippen molar-refractivity contribution in [2.75, 3.05) is 0 Å². The van der Waals surface area contributed by atoms with Crippen LogP contribution in [0.4, 0.5) is 0 Å². The molecule has 19 heavy (non-hydrogen) atoms. The van der Waals surface area contributed by atoms with E-state index in [1.807, 2.05) is 24.4 Å². The number of hydrogen-bond donors (Lipinski definition) is 0. The van der Waals surface area contributed by atoms with E-state index in [-0.39, 0.29) is 17.2 Å². The lowest BCUT2D eigenvalue weighted by molar-refractivity contribution is -0.153. The summed E-state index contributed by atoms with van der Waals surface area (Å²) in [5.74, 6) is -0.197. The van der Waals surface area contributed by atoms with E-state index in [1.165, 1.54) is 5.01 Å². The summed E-state index contributed by atoms with van der Waals surface area (Å²) in [5, 5.41) is 3.60. The molecule has 0 aromatic carbocycles. The van der Waals surface area contributed by atoms with Gasteiger partial charge in [0, 0.05) is 24.3 Å². The fourth-order valence-corrected chi connectivity index (χ4v) is 3.61. The molecule has 0 radical (unpaired) electrons. The van der Waals surface area contributed by atoms with Gasteiger partial charge in [-0.15, -0.1) is 11.8 Å². The van der Waals surface area contributed by atoms with Gasteiger partial charge in [0.2, 0.25) is 11.8 Å². The van der Waals surface area contributed by atoms with Crippen molar-refractivity contribution in [1.29, 1.82) is 0 Å². The molecule has 1 saturated heterocycles.